The highest BCUT2D eigenvalue weighted by molar-refractivity contribution is 5.73. The lowest BCUT2D eigenvalue weighted by atomic mass is 10.1. The van der Waals surface area contributed by atoms with Gasteiger partial charge in [0.1, 0.15) is 5.52 Å². The Labute approximate surface area is 115 Å². The normalized spacial score (nSPS) is 12.9. The smallest absolute Gasteiger partial charge is 0.113 e. The molecule has 0 amide bonds. The molecule has 0 aliphatic carbocycles. The Balaban J connectivity index is 1.96. The van der Waals surface area contributed by atoms with Gasteiger partial charge in [0.2, 0.25) is 0 Å². The zero-order valence-corrected chi connectivity index (χ0v) is 12.0. The summed E-state index contributed by atoms with van der Waals surface area (Å²) in [5, 5.41) is 12.0. The van der Waals surface area contributed by atoms with Crippen LogP contribution in [-0.2, 0) is 6.54 Å². The Hall–Kier alpha value is -1.42. The molecule has 1 N–H and O–H groups in total. The minimum absolute atomic E-state index is 0.591. The topological polar surface area (TPSA) is 42.7 Å². The van der Waals surface area contributed by atoms with Crippen molar-refractivity contribution in [2.45, 2.75) is 52.1 Å². The fraction of sp³-hybridized carbons (Fsp3) is 0.600. The number of rotatable bonds is 8. The molecular weight excluding hydrogens is 236 g/mol. The molecule has 4 nitrogen and oxygen atoms in total. The molecule has 2 rings (SSSR count). The Bertz CT molecular complexity index is 492. The molecule has 0 spiro atoms. The second kappa shape index (κ2) is 7.24. The molecule has 1 aromatic carbocycles. The first-order chi connectivity index (χ1) is 9.35. The van der Waals surface area contributed by atoms with E-state index in [1.807, 2.05) is 22.9 Å². The average Bonchev–Trinajstić information content (AvgIpc) is 2.85. The molecule has 19 heavy (non-hydrogen) atoms. The van der Waals surface area contributed by atoms with Gasteiger partial charge in [-0.25, -0.2) is 4.68 Å². The molecule has 0 radical (unpaired) electrons. The van der Waals surface area contributed by atoms with Crippen LogP contribution in [0.2, 0.25) is 0 Å². The van der Waals surface area contributed by atoms with Gasteiger partial charge < -0.3 is 5.32 Å². The molecule has 1 heterocycles. The van der Waals surface area contributed by atoms with Crippen LogP contribution >= 0.6 is 0 Å². The molecule has 0 saturated heterocycles. The van der Waals surface area contributed by atoms with Crippen LogP contribution in [0.15, 0.2) is 24.3 Å². The molecule has 0 fully saturated rings. The summed E-state index contributed by atoms with van der Waals surface area (Å²) in [7, 11) is 0. The lowest BCUT2D eigenvalue weighted by molar-refractivity contribution is 0.413. The van der Waals surface area contributed by atoms with Gasteiger partial charge in [0.25, 0.3) is 0 Å². The maximum Gasteiger partial charge on any atom is 0.113 e. The first-order valence-corrected chi connectivity index (χ1v) is 7.36. The molecule has 1 atom stereocenters. The van der Waals surface area contributed by atoms with Gasteiger partial charge in [0, 0.05) is 12.6 Å². The van der Waals surface area contributed by atoms with Crippen molar-refractivity contribution in [2.75, 3.05) is 6.54 Å². The molecule has 0 saturated carbocycles. The zero-order valence-electron chi connectivity index (χ0n) is 12.0. The molecule has 104 valence electrons. The number of hydrogen-bond acceptors (Lipinski definition) is 3. The summed E-state index contributed by atoms with van der Waals surface area (Å²) in [6, 6.07) is 8.74. The Morgan fingerprint density at radius 2 is 2.05 bits per heavy atom. The van der Waals surface area contributed by atoms with Gasteiger partial charge >= 0.3 is 0 Å². The maximum atomic E-state index is 4.25. The number of nitrogens with zero attached hydrogens (tertiary/aromatic N) is 3. The van der Waals surface area contributed by atoms with Crippen LogP contribution < -0.4 is 5.32 Å². The van der Waals surface area contributed by atoms with Crippen molar-refractivity contribution < 1.29 is 0 Å². The van der Waals surface area contributed by atoms with Gasteiger partial charge in [0.15, 0.2) is 0 Å². The van der Waals surface area contributed by atoms with Crippen LogP contribution in [0.1, 0.15) is 39.5 Å². The first-order valence-electron chi connectivity index (χ1n) is 7.36. The third kappa shape index (κ3) is 3.77. The standard InChI is InChI=1S/C15H24N4/c1-3-5-8-13(16-4-2)11-12-19-15-10-7-6-9-14(15)17-18-19/h6-7,9-10,13,16H,3-5,8,11-12H2,1-2H3. The van der Waals surface area contributed by atoms with E-state index in [9.17, 15) is 0 Å². The monoisotopic (exact) mass is 260 g/mol. The van der Waals surface area contributed by atoms with Crippen LogP contribution in [0.4, 0.5) is 0 Å². The molecule has 1 aromatic heterocycles. The number of nitrogens with one attached hydrogen (secondary N) is 1. The zero-order chi connectivity index (χ0) is 13.5. The minimum atomic E-state index is 0.591. The number of para-hydroxylation sites is 1. The van der Waals surface area contributed by atoms with E-state index in [0.29, 0.717) is 6.04 Å². The number of aromatic nitrogens is 3. The van der Waals surface area contributed by atoms with Gasteiger partial charge in [-0.05, 0) is 31.5 Å². The summed E-state index contributed by atoms with van der Waals surface area (Å²) in [6.45, 7) is 6.38. The van der Waals surface area contributed by atoms with Crippen LogP contribution in [0.5, 0.6) is 0 Å². The summed E-state index contributed by atoms with van der Waals surface area (Å²) in [6.07, 6.45) is 4.90. The highest BCUT2D eigenvalue weighted by Gasteiger charge is 2.09. The van der Waals surface area contributed by atoms with E-state index in [-0.39, 0.29) is 0 Å². The van der Waals surface area contributed by atoms with Gasteiger partial charge in [-0.15, -0.1) is 5.10 Å². The molecule has 0 aliphatic rings. The van der Waals surface area contributed by atoms with E-state index in [4.69, 9.17) is 0 Å². The second-order valence-electron chi connectivity index (χ2n) is 4.99. The quantitative estimate of drug-likeness (QED) is 0.793. The Morgan fingerprint density at radius 1 is 1.21 bits per heavy atom. The average molecular weight is 260 g/mol. The van der Waals surface area contributed by atoms with Crippen molar-refractivity contribution >= 4 is 11.0 Å². The third-order valence-corrected chi connectivity index (χ3v) is 3.51. The van der Waals surface area contributed by atoms with E-state index < -0.39 is 0 Å². The summed E-state index contributed by atoms with van der Waals surface area (Å²) in [4.78, 5) is 0. The third-order valence-electron chi connectivity index (χ3n) is 3.51. The van der Waals surface area contributed by atoms with E-state index in [0.717, 1.165) is 30.5 Å². The summed E-state index contributed by atoms with van der Waals surface area (Å²) < 4.78 is 2.02. The van der Waals surface area contributed by atoms with Crippen LogP contribution in [0, 0.1) is 0 Å². The fourth-order valence-corrected chi connectivity index (χ4v) is 2.45. The lowest BCUT2D eigenvalue weighted by Gasteiger charge is -2.17. The van der Waals surface area contributed by atoms with Crippen LogP contribution in [0.3, 0.4) is 0 Å². The van der Waals surface area contributed by atoms with Crippen molar-refractivity contribution in [3.05, 3.63) is 24.3 Å². The van der Waals surface area contributed by atoms with Crippen molar-refractivity contribution in [1.29, 1.82) is 0 Å². The van der Waals surface area contributed by atoms with E-state index in [1.165, 1.54) is 19.3 Å². The summed E-state index contributed by atoms with van der Waals surface area (Å²) >= 11 is 0. The van der Waals surface area contributed by atoms with Crippen molar-refractivity contribution in [2.24, 2.45) is 0 Å². The van der Waals surface area contributed by atoms with Crippen LogP contribution in [0.25, 0.3) is 11.0 Å². The molecule has 0 aliphatic heterocycles. The van der Waals surface area contributed by atoms with Gasteiger partial charge in [-0.2, -0.15) is 0 Å². The van der Waals surface area contributed by atoms with E-state index in [1.54, 1.807) is 0 Å². The first kappa shape index (κ1) is 14.0. The minimum Gasteiger partial charge on any atom is -0.314 e. The molecule has 2 aromatic rings. The molecular formula is C15H24N4. The van der Waals surface area contributed by atoms with Crippen molar-refractivity contribution in [3.8, 4) is 0 Å². The lowest BCUT2D eigenvalue weighted by Crippen LogP contribution is -2.30. The highest BCUT2D eigenvalue weighted by Crippen LogP contribution is 2.12. The molecule has 1 unspecified atom stereocenters. The van der Waals surface area contributed by atoms with Crippen LogP contribution in [-0.4, -0.2) is 27.6 Å². The Morgan fingerprint density at radius 3 is 2.84 bits per heavy atom. The number of aryl methyl sites for hydroxylation is 1. The predicted molar refractivity (Wildman–Crippen MR) is 79.1 cm³/mol. The van der Waals surface area contributed by atoms with Gasteiger partial charge in [-0.1, -0.05) is 44.0 Å². The SMILES string of the molecule is CCCCC(CCn1nnc2ccccc21)NCC. The fourth-order valence-electron chi connectivity index (χ4n) is 2.45. The summed E-state index contributed by atoms with van der Waals surface area (Å²) in [5.41, 5.74) is 2.12. The number of unbranched alkanes of at least 4 members (excludes halogenated alkanes) is 1. The number of hydrogen-bond donors (Lipinski definition) is 1. The largest absolute Gasteiger partial charge is 0.314 e. The number of benzene rings is 1. The highest BCUT2D eigenvalue weighted by atomic mass is 15.4. The van der Waals surface area contributed by atoms with E-state index >= 15 is 0 Å². The maximum absolute atomic E-state index is 4.25. The number of fused-ring (bicyclic) bond motifs is 1. The van der Waals surface area contributed by atoms with Crippen molar-refractivity contribution in [1.82, 2.24) is 20.3 Å². The van der Waals surface area contributed by atoms with Gasteiger partial charge in [-0.3, -0.25) is 0 Å². The molecule has 0 bridgehead atoms. The second-order valence-corrected chi connectivity index (χ2v) is 4.99. The summed E-state index contributed by atoms with van der Waals surface area (Å²) in [5.74, 6) is 0. The predicted octanol–water partition coefficient (Wildman–Crippen LogP) is 2.99. The Kier molecular flexibility index (Phi) is 5.33. The molecule has 4 heteroatoms. The van der Waals surface area contributed by atoms with Gasteiger partial charge in [0.05, 0.1) is 5.52 Å². The van der Waals surface area contributed by atoms with Crippen molar-refractivity contribution in [3.63, 3.8) is 0 Å². The van der Waals surface area contributed by atoms with E-state index in [2.05, 4.69) is 35.5 Å².